The van der Waals surface area contributed by atoms with E-state index in [4.69, 9.17) is 14.2 Å². The van der Waals surface area contributed by atoms with Crippen molar-refractivity contribution in [3.8, 4) is 0 Å². The summed E-state index contributed by atoms with van der Waals surface area (Å²) in [4.78, 5) is 23.7. The maximum absolute atomic E-state index is 12.3. The van der Waals surface area contributed by atoms with Crippen LogP contribution in [0.2, 0.25) is 0 Å². The van der Waals surface area contributed by atoms with Gasteiger partial charge in [0, 0.05) is 12.0 Å². The molecule has 3 N–H and O–H groups in total. The number of esters is 2. The number of ether oxygens (including phenoxy) is 4. The van der Waals surface area contributed by atoms with Gasteiger partial charge in [-0.05, 0) is 61.3 Å². The highest BCUT2D eigenvalue weighted by Crippen LogP contribution is 2.28. The van der Waals surface area contributed by atoms with Gasteiger partial charge in [0.25, 0.3) is 0 Å². The first-order valence-corrected chi connectivity index (χ1v) is 20.4. The first-order valence-electron chi connectivity index (χ1n) is 20.4. The van der Waals surface area contributed by atoms with Crippen LogP contribution in [0.3, 0.4) is 0 Å². The highest BCUT2D eigenvalue weighted by Gasteiger charge is 2.46. The summed E-state index contributed by atoms with van der Waals surface area (Å²) >= 11 is 0. The fourth-order valence-corrected chi connectivity index (χ4v) is 5.61. The van der Waals surface area contributed by atoms with E-state index in [1.165, 1.54) is 39.2 Å². The molecular weight excluding hydrogens is 721 g/mol. The summed E-state index contributed by atoms with van der Waals surface area (Å²) in [5, 5.41) is 31.6. The molecule has 1 fully saturated rings. The van der Waals surface area contributed by atoms with Crippen LogP contribution in [0.15, 0.2) is 119 Å². The Hall–Kier alpha value is -3.86. The normalized spacial score (nSPS) is 22.2. The van der Waals surface area contributed by atoms with Crippen molar-refractivity contribution < 1.29 is 43.9 Å². The molecule has 0 unspecified atom stereocenters. The van der Waals surface area contributed by atoms with Crippen molar-refractivity contribution in [1.82, 2.24) is 0 Å². The predicted octanol–water partition coefficient (Wildman–Crippen LogP) is 9.74. The van der Waals surface area contributed by atoms with Crippen LogP contribution < -0.4 is 0 Å². The minimum atomic E-state index is -1.51. The van der Waals surface area contributed by atoms with Crippen LogP contribution in [0.1, 0.15) is 120 Å². The maximum Gasteiger partial charge on any atom is 0.333 e. The lowest BCUT2D eigenvalue weighted by atomic mass is 9.98. The third kappa shape index (κ3) is 23.8. The number of methoxy groups -OCH3 is 1. The number of aliphatic hydroxyl groups is 3. The zero-order valence-corrected chi connectivity index (χ0v) is 36.1. The fraction of sp³-hybridized carbons (Fsp3) is 0.542. The summed E-state index contributed by atoms with van der Waals surface area (Å²) in [5.74, 6) is -0.715. The molecule has 1 aliphatic rings. The van der Waals surface area contributed by atoms with Crippen molar-refractivity contribution in [2.75, 3.05) is 13.7 Å². The molecule has 1 heterocycles. The standard InChI is InChI=1S/C48H72O9/c1-10-11-12-13-14-15-16-17-33-42(49)55-35-41-43(50)44(51)45(52)47(56-41)57-48(7,8)34-23-31-39(5)29-21-28-38(4)27-20-26-36(2)24-18-19-25-37(3)30-22-32-40(6)46(53)54-9/h18-32,41,43-45,47,50-52H,10-17,33-35H2,1-9H3/b19-18+,26-20+,28-21+,30-22+,31-23+,36-24+,37-25+,38-27+,39-29+,40-32+/t41-,43-,44+,45-,47-/m1/s1. The molecule has 1 rings (SSSR count). The molecule has 0 aromatic heterocycles. The Balaban J connectivity index is 2.58. The van der Waals surface area contributed by atoms with Crippen molar-refractivity contribution in [3.63, 3.8) is 0 Å². The number of hydrogen-bond donors (Lipinski definition) is 3. The summed E-state index contributed by atoms with van der Waals surface area (Å²) in [6.45, 7) is 15.4. The van der Waals surface area contributed by atoms with E-state index in [1.54, 1.807) is 13.0 Å². The molecule has 57 heavy (non-hydrogen) atoms. The first kappa shape index (κ1) is 51.2. The summed E-state index contributed by atoms with van der Waals surface area (Å²) < 4.78 is 21.9. The molecule has 9 heteroatoms. The summed E-state index contributed by atoms with van der Waals surface area (Å²) in [6, 6.07) is 0. The van der Waals surface area contributed by atoms with E-state index < -0.39 is 36.3 Å². The highest BCUT2D eigenvalue weighted by atomic mass is 16.7. The van der Waals surface area contributed by atoms with Crippen molar-refractivity contribution in [2.24, 2.45) is 0 Å². The van der Waals surface area contributed by atoms with Gasteiger partial charge in [0.1, 0.15) is 31.0 Å². The van der Waals surface area contributed by atoms with Gasteiger partial charge >= 0.3 is 11.9 Å². The van der Waals surface area contributed by atoms with Gasteiger partial charge in [-0.3, -0.25) is 4.79 Å². The molecule has 0 saturated carbocycles. The smallest absolute Gasteiger partial charge is 0.333 e. The number of carbonyl (C=O) groups excluding carboxylic acids is 2. The Morgan fingerprint density at radius 3 is 1.68 bits per heavy atom. The Labute approximate surface area is 343 Å². The third-order valence-corrected chi connectivity index (χ3v) is 9.22. The molecule has 9 nitrogen and oxygen atoms in total. The largest absolute Gasteiger partial charge is 0.466 e. The molecule has 0 spiro atoms. The molecule has 1 aliphatic heterocycles. The van der Waals surface area contributed by atoms with E-state index >= 15 is 0 Å². The molecule has 0 aliphatic carbocycles. The fourth-order valence-electron chi connectivity index (χ4n) is 5.61. The Kier molecular flexibility index (Phi) is 26.4. The molecule has 0 aromatic rings. The van der Waals surface area contributed by atoms with E-state index in [0.29, 0.717) is 12.0 Å². The lowest BCUT2D eigenvalue weighted by Gasteiger charge is -2.42. The minimum Gasteiger partial charge on any atom is -0.466 e. The Morgan fingerprint density at radius 1 is 0.649 bits per heavy atom. The number of hydrogen-bond acceptors (Lipinski definition) is 9. The Morgan fingerprint density at radius 2 is 1.14 bits per heavy atom. The van der Waals surface area contributed by atoms with Crippen LogP contribution in [0, 0.1) is 0 Å². The van der Waals surface area contributed by atoms with E-state index in [-0.39, 0.29) is 25.0 Å². The van der Waals surface area contributed by atoms with E-state index in [9.17, 15) is 24.9 Å². The lowest BCUT2D eigenvalue weighted by molar-refractivity contribution is -0.323. The third-order valence-electron chi connectivity index (χ3n) is 9.22. The van der Waals surface area contributed by atoms with Gasteiger partial charge < -0.3 is 34.3 Å². The van der Waals surface area contributed by atoms with E-state index in [1.807, 2.05) is 127 Å². The van der Waals surface area contributed by atoms with Gasteiger partial charge in [-0.25, -0.2) is 4.79 Å². The van der Waals surface area contributed by atoms with Crippen LogP contribution in [0.5, 0.6) is 0 Å². The number of carbonyl (C=O) groups is 2. The van der Waals surface area contributed by atoms with Crippen molar-refractivity contribution in [3.05, 3.63) is 119 Å². The van der Waals surface area contributed by atoms with Crippen LogP contribution in [-0.4, -0.2) is 77.3 Å². The van der Waals surface area contributed by atoms with Gasteiger partial charge in [-0.1, -0.05) is 165 Å². The van der Waals surface area contributed by atoms with Crippen LogP contribution in [0.4, 0.5) is 0 Å². The number of unbranched alkanes of at least 4 members (excludes halogenated alkanes) is 7. The van der Waals surface area contributed by atoms with E-state index in [0.717, 1.165) is 41.6 Å². The molecule has 318 valence electrons. The van der Waals surface area contributed by atoms with Gasteiger partial charge in [-0.15, -0.1) is 0 Å². The highest BCUT2D eigenvalue weighted by molar-refractivity contribution is 5.87. The van der Waals surface area contributed by atoms with Crippen LogP contribution >= 0.6 is 0 Å². The molecule has 0 bridgehead atoms. The average molecular weight is 793 g/mol. The second kappa shape index (κ2) is 29.4. The second-order valence-corrected chi connectivity index (χ2v) is 15.4. The average Bonchev–Trinajstić information content (AvgIpc) is 3.16. The monoisotopic (exact) mass is 793 g/mol. The zero-order chi connectivity index (χ0) is 42.6. The van der Waals surface area contributed by atoms with Crippen LogP contribution in [0.25, 0.3) is 0 Å². The SMILES string of the molecule is CCCCCCCCCCC(=O)OC[C@H]1O[C@H](OC(C)(C)C/C=C/C(C)=C/C=C/C(C)=C/C=C/C(C)=C/C=C/C=C(C)/C=C/C=C(\C)C(=O)OC)[C@H](O)[C@@H](O)[C@@H]1O. The number of allylic oxidation sites excluding steroid dienone is 18. The van der Waals surface area contributed by atoms with Crippen molar-refractivity contribution in [1.29, 1.82) is 0 Å². The number of rotatable bonds is 25. The maximum atomic E-state index is 12.3. The van der Waals surface area contributed by atoms with Gasteiger partial charge in [0.05, 0.1) is 12.7 Å². The summed E-state index contributed by atoms with van der Waals surface area (Å²) in [6.07, 6.45) is 32.6. The van der Waals surface area contributed by atoms with Gasteiger partial charge in [-0.2, -0.15) is 0 Å². The molecule has 0 aromatic carbocycles. The molecule has 0 amide bonds. The predicted molar refractivity (Wildman–Crippen MR) is 231 cm³/mol. The summed E-state index contributed by atoms with van der Waals surface area (Å²) in [7, 11) is 1.37. The van der Waals surface area contributed by atoms with E-state index in [2.05, 4.69) is 11.7 Å². The first-order chi connectivity index (χ1) is 27.1. The number of aliphatic hydroxyl groups excluding tert-OH is 3. The second-order valence-electron chi connectivity index (χ2n) is 15.4. The molecular formula is C48H72O9. The van der Waals surface area contributed by atoms with Gasteiger partial charge in [0.2, 0.25) is 0 Å². The molecule has 1 saturated heterocycles. The van der Waals surface area contributed by atoms with Gasteiger partial charge in [0.15, 0.2) is 6.29 Å². The molecule has 5 atom stereocenters. The van der Waals surface area contributed by atoms with Crippen LogP contribution in [-0.2, 0) is 28.5 Å². The lowest BCUT2D eigenvalue weighted by Crippen LogP contribution is -2.60. The zero-order valence-electron chi connectivity index (χ0n) is 36.1. The summed E-state index contributed by atoms with van der Waals surface area (Å²) in [5.41, 5.74) is 4.05. The van der Waals surface area contributed by atoms with Crippen molar-refractivity contribution >= 4 is 11.9 Å². The minimum absolute atomic E-state index is 0.240. The van der Waals surface area contributed by atoms with Crippen molar-refractivity contribution in [2.45, 2.75) is 156 Å². The topological polar surface area (TPSA) is 132 Å². The Bertz CT molecular complexity index is 1520. The molecule has 0 radical (unpaired) electrons. The quantitative estimate of drug-likeness (QED) is 0.0358.